The molecule has 0 bridgehead atoms. The summed E-state index contributed by atoms with van der Waals surface area (Å²) >= 11 is 1.47. The molecule has 0 atom stereocenters. The standard InChI is InChI=1S/C23H20N4O3S/c1-15-4-8-19(9-5-15)25-23-26(24-13-20-10-11-22(30-20)27(28)29)21(14-31-23)18-7-6-16(2)17(3)12-18/h4-14H,1-3H3. The minimum absolute atomic E-state index is 0.290. The first kappa shape index (κ1) is 20.5. The number of hydrogen-bond acceptors (Lipinski definition) is 6. The molecule has 0 amide bonds. The predicted molar refractivity (Wildman–Crippen MR) is 122 cm³/mol. The SMILES string of the molecule is Cc1ccc(N=c2scc(-c3ccc(C)c(C)c3)n2N=Cc2ccc([N+](=O)[O-])o2)cc1. The first-order valence-corrected chi connectivity index (χ1v) is 10.5. The lowest BCUT2D eigenvalue weighted by atomic mass is 10.1. The minimum atomic E-state index is -0.576. The van der Waals surface area contributed by atoms with Crippen molar-refractivity contribution in [2.75, 3.05) is 0 Å². The third-order valence-corrected chi connectivity index (χ3v) is 5.66. The van der Waals surface area contributed by atoms with Crippen molar-refractivity contribution in [1.82, 2.24) is 4.68 Å². The summed E-state index contributed by atoms with van der Waals surface area (Å²) < 4.78 is 6.93. The normalized spacial score (nSPS) is 12.0. The molecule has 2 aromatic carbocycles. The van der Waals surface area contributed by atoms with Crippen LogP contribution in [0.15, 0.2) is 74.5 Å². The fraction of sp³-hybridized carbons (Fsp3) is 0.130. The molecule has 2 aromatic heterocycles. The van der Waals surface area contributed by atoms with Crippen LogP contribution in [0.3, 0.4) is 0 Å². The van der Waals surface area contributed by atoms with Gasteiger partial charge in [-0.1, -0.05) is 29.8 Å². The average Bonchev–Trinajstić information content (AvgIpc) is 3.37. The van der Waals surface area contributed by atoms with Crippen molar-refractivity contribution in [2.45, 2.75) is 20.8 Å². The number of nitro groups is 1. The van der Waals surface area contributed by atoms with Gasteiger partial charge in [-0.2, -0.15) is 5.10 Å². The van der Waals surface area contributed by atoms with Gasteiger partial charge in [0.15, 0.2) is 5.76 Å². The molecule has 156 valence electrons. The maximum atomic E-state index is 10.9. The lowest BCUT2D eigenvalue weighted by molar-refractivity contribution is -0.402. The van der Waals surface area contributed by atoms with Gasteiger partial charge in [0.2, 0.25) is 4.80 Å². The quantitative estimate of drug-likeness (QED) is 0.228. The molecule has 0 spiro atoms. The molecule has 0 saturated carbocycles. The third kappa shape index (κ3) is 4.54. The van der Waals surface area contributed by atoms with E-state index in [0.29, 0.717) is 4.80 Å². The Kier molecular flexibility index (Phi) is 5.64. The summed E-state index contributed by atoms with van der Waals surface area (Å²) in [6, 6.07) is 17.0. The smallest absolute Gasteiger partial charge is 0.400 e. The topological polar surface area (TPSA) is 85.9 Å². The largest absolute Gasteiger partial charge is 0.433 e. The van der Waals surface area contributed by atoms with Gasteiger partial charge in [0.25, 0.3) is 0 Å². The van der Waals surface area contributed by atoms with E-state index < -0.39 is 4.92 Å². The zero-order chi connectivity index (χ0) is 22.0. The summed E-state index contributed by atoms with van der Waals surface area (Å²) in [5.74, 6) is -0.0339. The molecular weight excluding hydrogens is 412 g/mol. The molecular formula is C23H20N4O3S. The lowest BCUT2D eigenvalue weighted by Crippen LogP contribution is -2.11. The van der Waals surface area contributed by atoms with Crippen molar-refractivity contribution in [3.05, 3.63) is 97.3 Å². The first-order chi connectivity index (χ1) is 14.9. The minimum Gasteiger partial charge on any atom is -0.400 e. The molecule has 0 fully saturated rings. The number of aromatic nitrogens is 1. The first-order valence-electron chi connectivity index (χ1n) is 9.59. The summed E-state index contributed by atoms with van der Waals surface area (Å²) in [5, 5.41) is 17.4. The second-order valence-corrected chi connectivity index (χ2v) is 7.98. The molecule has 0 radical (unpaired) electrons. The van der Waals surface area contributed by atoms with Gasteiger partial charge in [-0.15, -0.1) is 11.3 Å². The number of rotatable bonds is 5. The van der Waals surface area contributed by atoms with Crippen LogP contribution in [0.4, 0.5) is 11.6 Å². The maximum absolute atomic E-state index is 10.9. The van der Waals surface area contributed by atoms with Crippen molar-refractivity contribution in [3.8, 4) is 11.3 Å². The summed E-state index contributed by atoms with van der Waals surface area (Å²) in [7, 11) is 0. The van der Waals surface area contributed by atoms with E-state index in [1.54, 1.807) is 4.68 Å². The van der Waals surface area contributed by atoms with E-state index in [4.69, 9.17) is 9.41 Å². The molecule has 8 heteroatoms. The Morgan fingerprint density at radius 2 is 1.81 bits per heavy atom. The number of thiazole rings is 1. The van der Waals surface area contributed by atoms with Crippen molar-refractivity contribution in [1.29, 1.82) is 0 Å². The molecule has 4 rings (SSSR count). The van der Waals surface area contributed by atoms with E-state index >= 15 is 0 Å². The van der Waals surface area contributed by atoms with Crippen LogP contribution in [0.2, 0.25) is 0 Å². The van der Waals surface area contributed by atoms with Gasteiger partial charge >= 0.3 is 5.88 Å². The van der Waals surface area contributed by atoms with Crippen LogP contribution in [0.1, 0.15) is 22.5 Å². The molecule has 0 aliphatic carbocycles. The zero-order valence-corrected chi connectivity index (χ0v) is 18.1. The Hall–Kier alpha value is -3.78. The predicted octanol–water partition coefficient (Wildman–Crippen LogP) is 5.76. The van der Waals surface area contributed by atoms with Crippen LogP contribution in [0.5, 0.6) is 0 Å². The molecule has 31 heavy (non-hydrogen) atoms. The van der Waals surface area contributed by atoms with Crippen LogP contribution in [0.25, 0.3) is 11.3 Å². The molecule has 0 unspecified atom stereocenters. The second-order valence-electron chi connectivity index (χ2n) is 7.14. The Bertz CT molecular complexity index is 1340. The van der Waals surface area contributed by atoms with Crippen LogP contribution in [0, 0.1) is 30.9 Å². The molecule has 4 aromatic rings. The number of hydrogen-bond donors (Lipinski definition) is 0. The van der Waals surface area contributed by atoms with Gasteiger partial charge in [0, 0.05) is 10.9 Å². The highest BCUT2D eigenvalue weighted by Gasteiger charge is 2.12. The molecule has 7 nitrogen and oxygen atoms in total. The van der Waals surface area contributed by atoms with Crippen molar-refractivity contribution in [3.63, 3.8) is 0 Å². The van der Waals surface area contributed by atoms with E-state index in [0.717, 1.165) is 22.5 Å². The fourth-order valence-corrected chi connectivity index (χ4v) is 3.80. The van der Waals surface area contributed by atoms with Gasteiger partial charge in [0.1, 0.15) is 4.92 Å². The molecule has 0 aliphatic rings. The Morgan fingerprint density at radius 1 is 1.03 bits per heavy atom. The summed E-state index contributed by atoms with van der Waals surface area (Å²) in [6.45, 7) is 6.17. The number of benzene rings is 2. The van der Waals surface area contributed by atoms with E-state index in [1.165, 1.54) is 40.8 Å². The summed E-state index contributed by atoms with van der Waals surface area (Å²) in [5.41, 5.74) is 6.24. The van der Waals surface area contributed by atoms with Gasteiger partial charge in [-0.25, -0.2) is 9.67 Å². The fourth-order valence-electron chi connectivity index (χ4n) is 2.94. The van der Waals surface area contributed by atoms with Crippen LogP contribution >= 0.6 is 11.3 Å². The molecule has 0 N–H and O–H groups in total. The number of aryl methyl sites for hydroxylation is 3. The third-order valence-electron chi connectivity index (χ3n) is 4.84. The molecule has 0 aliphatic heterocycles. The van der Waals surface area contributed by atoms with Crippen molar-refractivity contribution >= 4 is 29.1 Å². The van der Waals surface area contributed by atoms with E-state index in [9.17, 15) is 10.1 Å². The average molecular weight is 433 g/mol. The maximum Gasteiger partial charge on any atom is 0.433 e. The Morgan fingerprint density at radius 3 is 2.48 bits per heavy atom. The highest BCUT2D eigenvalue weighted by molar-refractivity contribution is 7.07. The van der Waals surface area contributed by atoms with Gasteiger partial charge in [-0.3, -0.25) is 10.1 Å². The molecule has 2 heterocycles. The molecule has 0 saturated heterocycles. The monoisotopic (exact) mass is 432 g/mol. The summed E-state index contributed by atoms with van der Waals surface area (Å²) in [4.78, 5) is 15.7. The van der Waals surface area contributed by atoms with Gasteiger partial charge < -0.3 is 4.42 Å². The summed E-state index contributed by atoms with van der Waals surface area (Å²) in [6.07, 6.45) is 1.46. The van der Waals surface area contributed by atoms with Crippen molar-refractivity contribution < 1.29 is 9.34 Å². The second kappa shape index (κ2) is 8.53. The highest BCUT2D eigenvalue weighted by atomic mass is 32.1. The number of nitrogens with zero attached hydrogens (tertiary/aromatic N) is 4. The van der Waals surface area contributed by atoms with Crippen LogP contribution in [-0.2, 0) is 0 Å². The van der Waals surface area contributed by atoms with E-state index in [1.807, 2.05) is 42.6 Å². The highest BCUT2D eigenvalue weighted by Crippen LogP contribution is 2.24. The van der Waals surface area contributed by atoms with E-state index in [2.05, 4.69) is 31.1 Å². The van der Waals surface area contributed by atoms with Gasteiger partial charge in [-0.05, 0) is 56.2 Å². The van der Waals surface area contributed by atoms with Crippen LogP contribution < -0.4 is 4.80 Å². The Labute approximate surface area is 182 Å². The van der Waals surface area contributed by atoms with E-state index in [-0.39, 0.29) is 11.6 Å². The zero-order valence-electron chi connectivity index (χ0n) is 17.3. The lowest BCUT2D eigenvalue weighted by Gasteiger charge is -2.06. The van der Waals surface area contributed by atoms with Gasteiger partial charge in [0.05, 0.1) is 23.7 Å². The van der Waals surface area contributed by atoms with Crippen molar-refractivity contribution in [2.24, 2.45) is 10.1 Å². The van der Waals surface area contributed by atoms with Crippen LogP contribution in [-0.4, -0.2) is 15.8 Å². The number of furan rings is 1. The Balaban J connectivity index is 1.82.